The summed E-state index contributed by atoms with van der Waals surface area (Å²) in [5.41, 5.74) is 5.81. The predicted octanol–water partition coefficient (Wildman–Crippen LogP) is 0.573. The average Bonchev–Trinajstić information content (AvgIpc) is 2.66. The highest BCUT2D eigenvalue weighted by Crippen LogP contribution is 2.30. The van der Waals surface area contributed by atoms with Gasteiger partial charge in [0.15, 0.2) is 0 Å². The minimum atomic E-state index is 0.201. The summed E-state index contributed by atoms with van der Waals surface area (Å²) < 4.78 is 0. The molecule has 2 fully saturated rings. The molecule has 2 atom stereocenters. The molecule has 0 spiro atoms. The number of carbonyl (C=O) groups is 1. The van der Waals surface area contributed by atoms with Gasteiger partial charge in [-0.3, -0.25) is 4.79 Å². The van der Waals surface area contributed by atoms with Crippen LogP contribution in [-0.2, 0) is 4.79 Å². The van der Waals surface area contributed by atoms with Gasteiger partial charge in [0, 0.05) is 25.6 Å². The predicted molar refractivity (Wildman–Crippen MR) is 68.6 cm³/mol. The molecule has 17 heavy (non-hydrogen) atoms. The van der Waals surface area contributed by atoms with Gasteiger partial charge in [0.2, 0.25) is 5.91 Å². The molecule has 0 radical (unpaired) electrons. The first-order valence-electron chi connectivity index (χ1n) is 7.02. The molecule has 1 amide bonds. The lowest BCUT2D eigenvalue weighted by atomic mass is 9.78. The first-order chi connectivity index (χ1) is 8.33. The summed E-state index contributed by atoms with van der Waals surface area (Å²) >= 11 is 0. The zero-order valence-corrected chi connectivity index (χ0v) is 10.7. The van der Waals surface area contributed by atoms with E-state index in [0.717, 1.165) is 45.4 Å². The third kappa shape index (κ3) is 3.19. The summed E-state index contributed by atoms with van der Waals surface area (Å²) in [6.45, 7) is 4.43. The molecule has 1 heterocycles. The second kappa shape index (κ2) is 6.36. The number of hydrogen-bond donors (Lipinski definition) is 2. The van der Waals surface area contributed by atoms with Crippen LogP contribution in [0.15, 0.2) is 0 Å². The Bertz CT molecular complexity index is 249. The largest absolute Gasteiger partial charge is 0.341 e. The van der Waals surface area contributed by atoms with Crippen molar-refractivity contribution in [1.29, 1.82) is 0 Å². The second-order valence-corrected chi connectivity index (χ2v) is 5.32. The Balaban J connectivity index is 1.96. The molecule has 1 saturated heterocycles. The lowest BCUT2D eigenvalue weighted by Gasteiger charge is -2.33. The van der Waals surface area contributed by atoms with Crippen LogP contribution >= 0.6 is 0 Å². The Labute approximate surface area is 104 Å². The Morgan fingerprint density at radius 3 is 2.82 bits per heavy atom. The topological polar surface area (TPSA) is 58.4 Å². The normalized spacial score (nSPS) is 31.0. The van der Waals surface area contributed by atoms with E-state index in [9.17, 15) is 4.79 Å². The maximum absolute atomic E-state index is 12.5. The third-order valence-electron chi connectivity index (χ3n) is 4.18. The van der Waals surface area contributed by atoms with E-state index in [2.05, 4.69) is 10.2 Å². The van der Waals surface area contributed by atoms with E-state index in [-0.39, 0.29) is 5.92 Å². The number of nitrogens with one attached hydrogen (secondary N) is 1. The molecule has 4 heteroatoms. The summed E-state index contributed by atoms with van der Waals surface area (Å²) in [6, 6.07) is 0. The summed E-state index contributed by atoms with van der Waals surface area (Å²) in [5.74, 6) is 0.989. The maximum atomic E-state index is 12.5. The highest BCUT2D eigenvalue weighted by Gasteiger charge is 2.32. The summed E-state index contributed by atoms with van der Waals surface area (Å²) in [7, 11) is 0. The van der Waals surface area contributed by atoms with Crippen molar-refractivity contribution in [2.45, 2.75) is 32.1 Å². The van der Waals surface area contributed by atoms with Crippen LogP contribution in [0.2, 0.25) is 0 Å². The first kappa shape index (κ1) is 12.8. The summed E-state index contributed by atoms with van der Waals surface area (Å²) in [4.78, 5) is 14.6. The summed E-state index contributed by atoms with van der Waals surface area (Å²) in [5, 5.41) is 3.34. The molecule has 4 nitrogen and oxygen atoms in total. The highest BCUT2D eigenvalue weighted by molar-refractivity contribution is 5.79. The lowest BCUT2D eigenvalue weighted by molar-refractivity contribution is -0.138. The maximum Gasteiger partial charge on any atom is 0.226 e. The van der Waals surface area contributed by atoms with Crippen molar-refractivity contribution in [3.05, 3.63) is 0 Å². The van der Waals surface area contributed by atoms with Gasteiger partial charge in [-0.1, -0.05) is 12.8 Å². The van der Waals surface area contributed by atoms with E-state index >= 15 is 0 Å². The van der Waals surface area contributed by atoms with Gasteiger partial charge >= 0.3 is 0 Å². The molecule has 1 aliphatic carbocycles. The van der Waals surface area contributed by atoms with E-state index in [1.807, 2.05) is 0 Å². The minimum absolute atomic E-state index is 0.201. The smallest absolute Gasteiger partial charge is 0.226 e. The van der Waals surface area contributed by atoms with Crippen molar-refractivity contribution in [3.63, 3.8) is 0 Å². The van der Waals surface area contributed by atoms with Crippen LogP contribution in [0.25, 0.3) is 0 Å². The monoisotopic (exact) mass is 239 g/mol. The quantitative estimate of drug-likeness (QED) is 0.741. The standard InChI is InChI=1S/C13H25N3O/c14-10-11-4-1-2-5-12(11)13(17)16-8-3-6-15-7-9-16/h11-12,15H,1-10,14H2. The molecule has 0 aromatic rings. The summed E-state index contributed by atoms with van der Waals surface area (Å²) in [6.07, 6.45) is 5.70. The van der Waals surface area contributed by atoms with Gasteiger partial charge in [-0.25, -0.2) is 0 Å². The third-order valence-corrected chi connectivity index (χ3v) is 4.18. The van der Waals surface area contributed by atoms with E-state index in [0.29, 0.717) is 18.4 Å². The van der Waals surface area contributed by atoms with E-state index in [4.69, 9.17) is 5.73 Å². The van der Waals surface area contributed by atoms with Crippen LogP contribution in [0.3, 0.4) is 0 Å². The highest BCUT2D eigenvalue weighted by atomic mass is 16.2. The molecule has 0 aromatic heterocycles. The Kier molecular flexibility index (Phi) is 4.80. The fourth-order valence-corrected chi connectivity index (χ4v) is 3.12. The van der Waals surface area contributed by atoms with Crippen molar-refractivity contribution < 1.29 is 4.79 Å². The number of hydrogen-bond acceptors (Lipinski definition) is 3. The van der Waals surface area contributed by atoms with Crippen LogP contribution in [0.1, 0.15) is 32.1 Å². The minimum Gasteiger partial charge on any atom is -0.341 e. The van der Waals surface area contributed by atoms with Crippen LogP contribution in [0.5, 0.6) is 0 Å². The second-order valence-electron chi connectivity index (χ2n) is 5.32. The van der Waals surface area contributed by atoms with Gasteiger partial charge in [0.25, 0.3) is 0 Å². The number of rotatable bonds is 2. The SMILES string of the molecule is NCC1CCCCC1C(=O)N1CCCNCC1. The molecule has 2 rings (SSSR count). The van der Waals surface area contributed by atoms with Crippen molar-refractivity contribution in [1.82, 2.24) is 10.2 Å². The number of nitrogens with zero attached hydrogens (tertiary/aromatic N) is 1. The average molecular weight is 239 g/mol. The molecule has 1 saturated carbocycles. The Hall–Kier alpha value is -0.610. The zero-order chi connectivity index (χ0) is 12.1. The molecular weight excluding hydrogens is 214 g/mol. The van der Waals surface area contributed by atoms with Gasteiger partial charge in [0.05, 0.1) is 0 Å². The van der Waals surface area contributed by atoms with Crippen LogP contribution in [0.4, 0.5) is 0 Å². The van der Waals surface area contributed by atoms with Crippen molar-refractivity contribution in [2.75, 3.05) is 32.7 Å². The van der Waals surface area contributed by atoms with Gasteiger partial charge in [-0.05, 0) is 38.3 Å². The number of nitrogens with two attached hydrogens (primary N) is 1. The van der Waals surface area contributed by atoms with Crippen LogP contribution in [-0.4, -0.2) is 43.5 Å². The van der Waals surface area contributed by atoms with Gasteiger partial charge < -0.3 is 16.0 Å². The Morgan fingerprint density at radius 2 is 2.00 bits per heavy atom. The fraction of sp³-hybridized carbons (Fsp3) is 0.923. The molecule has 0 aromatic carbocycles. The van der Waals surface area contributed by atoms with Gasteiger partial charge in [-0.15, -0.1) is 0 Å². The van der Waals surface area contributed by atoms with Crippen molar-refractivity contribution >= 4 is 5.91 Å². The fourth-order valence-electron chi connectivity index (χ4n) is 3.12. The molecule has 2 aliphatic rings. The van der Waals surface area contributed by atoms with Gasteiger partial charge in [-0.2, -0.15) is 0 Å². The van der Waals surface area contributed by atoms with E-state index in [1.165, 1.54) is 12.8 Å². The Morgan fingerprint density at radius 1 is 1.18 bits per heavy atom. The van der Waals surface area contributed by atoms with Crippen molar-refractivity contribution in [3.8, 4) is 0 Å². The number of amides is 1. The van der Waals surface area contributed by atoms with E-state index < -0.39 is 0 Å². The molecule has 3 N–H and O–H groups in total. The molecular formula is C13H25N3O. The molecule has 1 aliphatic heterocycles. The van der Waals surface area contributed by atoms with Crippen LogP contribution < -0.4 is 11.1 Å². The number of carbonyl (C=O) groups excluding carboxylic acids is 1. The van der Waals surface area contributed by atoms with Crippen molar-refractivity contribution in [2.24, 2.45) is 17.6 Å². The zero-order valence-electron chi connectivity index (χ0n) is 10.7. The molecule has 98 valence electrons. The first-order valence-corrected chi connectivity index (χ1v) is 7.02. The van der Waals surface area contributed by atoms with E-state index in [1.54, 1.807) is 0 Å². The lowest BCUT2D eigenvalue weighted by Crippen LogP contribution is -2.43. The molecule has 2 unspecified atom stereocenters. The van der Waals surface area contributed by atoms with Crippen LogP contribution in [0, 0.1) is 11.8 Å². The van der Waals surface area contributed by atoms with Gasteiger partial charge in [0.1, 0.15) is 0 Å². The molecule has 0 bridgehead atoms.